The lowest BCUT2D eigenvalue weighted by Crippen LogP contribution is -2.46. The summed E-state index contributed by atoms with van der Waals surface area (Å²) >= 11 is 1.75. The second-order valence-corrected chi connectivity index (χ2v) is 6.63. The van der Waals surface area contributed by atoms with E-state index in [4.69, 9.17) is 9.84 Å². The molecule has 0 amide bonds. The first-order valence-electron chi connectivity index (χ1n) is 6.67. The zero-order chi connectivity index (χ0) is 13.3. The fourth-order valence-electron chi connectivity index (χ4n) is 2.75. The van der Waals surface area contributed by atoms with Crippen LogP contribution in [-0.4, -0.2) is 33.5 Å². The number of ether oxygens (including phenoxy) is 1. The van der Waals surface area contributed by atoms with Crippen LogP contribution in [0.2, 0.25) is 0 Å². The van der Waals surface area contributed by atoms with Crippen LogP contribution in [-0.2, 0) is 4.74 Å². The molecule has 1 aliphatic carbocycles. The fourth-order valence-corrected chi connectivity index (χ4v) is 3.95. The van der Waals surface area contributed by atoms with Gasteiger partial charge in [0.25, 0.3) is 0 Å². The molecule has 1 unspecified atom stereocenters. The van der Waals surface area contributed by atoms with E-state index in [0.29, 0.717) is 5.25 Å². The molecule has 4 nitrogen and oxygen atoms in total. The van der Waals surface area contributed by atoms with Gasteiger partial charge in [0.15, 0.2) is 0 Å². The zero-order valence-electron chi connectivity index (χ0n) is 10.7. The van der Waals surface area contributed by atoms with Crippen molar-refractivity contribution < 1.29 is 14.6 Å². The Labute approximate surface area is 116 Å². The number of pyridine rings is 1. The van der Waals surface area contributed by atoms with Gasteiger partial charge in [0.05, 0.1) is 16.2 Å². The van der Waals surface area contributed by atoms with E-state index in [2.05, 4.69) is 4.98 Å². The Morgan fingerprint density at radius 3 is 2.89 bits per heavy atom. The van der Waals surface area contributed by atoms with E-state index in [1.807, 2.05) is 0 Å². The quantitative estimate of drug-likeness (QED) is 0.921. The van der Waals surface area contributed by atoms with Crippen molar-refractivity contribution in [3.05, 3.63) is 23.9 Å². The summed E-state index contributed by atoms with van der Waals surface area (Å²) in [6, 6.07) is 3.42. The molecule has 1 aliphatic heterocycles. The van der Waals surface area contributed by atoms with Crippen molar-refractivity contribution in [2.75, 3.05) is 6.61 Å². The molecule has 1 atom stereocenters. The van der Waals surface area contributed by atoms with Gasteiger partial charge in [-0.3, -0.25) is 0 Å². The van der Waals surface area contributed by atoms with Crippen molar-refractivity contribution in [3.8, 4) is 0 Å². The maximum Gasteiger partial charge on any atom is 0.337 e. The molecule has 102 valence electrons. The molecule has 2 fully saturated rings. The van der Waals surface area contributed by atoms with Crippen LogP contribution in [0.4, 0.5) is 0 Å². The Bertz CT molecular complexity index is 470. The van der Waals surface area contributed by atoms with Gasteiger partial charge in [-0.25, -0.2) is 9.78 Å². The Hall–Kier alpha value is -1.07. The highest BCUT2D eigenvalue weighted by Gasteiger charge is 2.42. The number of thioether (sulfide) groups is 1. The molecule has 1 saturated carbocycles. The summed E-state index contributed by atoms with van der Waals surface area (Å²) < 4.78 is 5.91. The summed E-state index contributed by atoms with van der Waals surface area (Å²) in [7, 11) is 0. The minimum Gasteiger partial charge on any atom is -0.478 e. The van der Waals surface area contributed by atoms with Gasteiger partial charge in [-0.15, -0.1) is 11.8 Å². The van der Waals surface area contributed by atoms with E-state index in [1.165, 1.54) is 25.5 Å². The summed E-state index contributed by atoms with van der Waals surface area (Å²) in [4.78, 5) is 15.0. The highest BCUT2D eigenvalue weighted by molar-refractivity contribution is 7.99. The van der Waals surface area contributed by atoms with Gasteiger partial charge in [0.1, 0.15) is 0 Å². The average molecular weight is 279 g/mol. The summed E-state index contributed by atoms with van der Waals surface area (Å²) in [5, 5.41) is 10.3. The minimum absolute atomic E-state index is 0.150. The van der Waals surface area contributed by atoms with Gasteiger partial charge >= 0.3 is 5.97 Å². The molecular weight excluding hydrogens is 262 g/mol. The molecular formula is C14H17NO3S. The number of rotatable bonds is 3. The van der Waals surface area contributed by atoms with Gasteiger partial charge in [0.2, 0.25) is 0 Å². The highest BCUT2D eigenvalue weighted by atomic mass is 32.2. The first-order valence-corrected chi connectivity index (χ1v) is 7.55. The van der Waals surface area contributed by atoms with Crippen LogP contribution >= 0.6 is 11.8 Å². The van der Waals surface area contributed by atoms with Crippen molar-refractivity contribution >= 4 is 17.7 Å². The molecule has 19 heavy (non-hydrogen) atoms. The van der Waals surface area contributed by atoms with Crippen LogP contribution in [0.25, 0.3) is 0 Å². The van der Waals surface area contributed by atoms with E-state index in [-0.39, 0.29) is 11.2 Å². The maximum absolute atomic E-state index is 10.8. The average Bonchev–Trinajstić information content (AvgIpc) is 2.38. The van der Waals surface area contributed by atoms with Gasteiger partial charge in [0, 0.05) is 18.1 Å². The predicted molar refractivity (Wildman–Crippen MR) is 72.6 cm³/mol. The smallest absolute Gasteiger partial charge is 0.337 e. The van der Waals surface area contributed by atoms with Crippen LogP contribution < -0.4 is 0 Å². The Morgan fingerprint density at radius 2 is 2.32 bits per heavy atom. The molecule has 1 aromatic rings. The van der Waals surface area contributed by atoms with Crippen LogP contribution in [0.3, 0.4) is 0 Å². The van der Waals surface area contributed by atoms with E-state index < -0.39 is 5.97 Å². The molecule has 0 bridgehead atoms. The topological polar surface area (TPSA) is 59.4 Å². The van der Waals surface area contributed by atoms with Crippen molar-refractivity contribution in [2.24, 2.45) is 0 Å². The lowest BCUT2D eigenvalue weighted by molar-refractivity contribution is -0.125. The van der Waals surface area contributed by atoms with E-state index >= 15 is 0 Å². The summed E-state index contributed by atoms with van der Waals surface area (Å²) in [6.07, 6.45) is 7.24. The second kappa shape index (κ2) is 5.13. The molecule has 5 heteroatoms. The summed E-state index contributed by atoms with van der Waals surface area (Å²) in [6.45, 7) is 0.838. The Morgan fingerprint density at radius 1 is 1.47 bits per heavy atom. The SMILES string of the molecule is O=C(O)c1ccc(SC2CCOC3(CCC3)C2)nc1. The van der Waals surface area contributed by atoms with Gasteiger partial charge in [-0.05, 0) is 44.2 Å². The van der Waals surface area contributed by atoms with E-state index in [1.54, 1.807) is 23.9 Å². The summed E-state index contributed by atoms with van der Waals surface area (Å²) in [5.41, 5.74) is 0.392. The Balaban J connectivity index is 1.62. The monoisotopic (exact) mass is 279 g/mol. The molecule has 1 saturated heterocycles. The van der Waals surface area contributed by atoms with Crippen LogP contribution in [0.15, 0.2) is 23.4 Å². The number of hydrogen-bond donors (Lipinski definition) is 1. The van der Waals surface area contributed by atoms with Crippen LogP contribution in [0.1, 0.15) is 42.5 Å². The third-order valence-corrected chi connectivity index (χ3v) is 5.20. The van der Waals surface area contributed by atoms with Crippen molar-refractivity contribution in [1.82, 2.24) is 4.98 Å². The lowest BCUT2D eigenvalue weighted by Gasteiger charge is -2.47. The predicted octanol–water partition coefficient (Wildman–Crippen LogP) is 2.97. The largest absolute Gasteiger partial charge is 0.478 e. The molecule has 1 spiro atoms. The van der Waals surface area contributed by atoms with Crippen molar-refractivity contribution in [3.63, 3.8) is 0 Å². The molecule has 2 heterocycles. The maximum atomic E-state index is 10.8. The molecule has 0 aromatic carbocycles. The third-order valence-electron chi connectivity index (χ3n) is 3.98. The molecule has 3 rings (SSSR count). The molecule has 0 radical (unpaired) electrons. The van der Waals surface area contributed by atoms with Gasteiger partial charge in [-0.1, -0.05) is 0 Å². The van der Waals surface area contributed by atoms with E-state index in [0.717, 1.165) is 24.5 Å². The van der Waals surface area contributed by atoms with Crippen LogP contribution in [0, 0.1) is 0 Å². The number of aromatic nitrogens is 1. The number of hydrogen-bond acceptors (Lipinski definition) is 4. The van der Waals surface area contributed by atoms with Crippen LogP contribution in [0.5, 0.6) is 0 Å². The first-order chi connectivity index (χ1) is 9.17. The molecule has 1 N–H and O–H groups in total. The highest BCUT2D eigenvalue weighted by Crippen LogP contribution is 2.45. The molecule has 1 aromatic heterocycles. The minimum atomic E-state index is -0.927. The number of carbonyl (C=O) groups is 1. The van der Waals surface area contributed by atoms with Gasteiger partial charge < -0.3 is 9.84 Å². The Kier molecular flexibility index (Phi) is 3.50. The number of carboxylic acid groups (broad SMARTS) is 1. The number of aromatic carboxylic acids is 1. The molecule has 2 aliphatic rings. The first kappa shape index (κ1) is 12.9. The van der Waals surface area contributed by atoms with Crippen molar-refractivity contribution in [1.29, 1.82) is 0 Å². The fraction of sp³-hybridized carbons (Fsp3) is 0.571. The lowest BCUT2D eigenvalue weighted by atomic mass is 9.75. The normalized spacial score (nSPS) is 24.9. The summed E-state index contributed by atoms with van der Waals surface area (Å²) in [5.74, 6) is -0.927. The standard InChI is InChI=1S/C14H17NO3S/c16-13(17)10-2-3-12(15-9-10)19-11-4-7-18-14(8-11)5-1-6-14/h2-3,9,11H,1,4-8H2,(H,16,17). The number of nitrogens with zero attached hydrogens (tertiary/aromatic N) is 1. The van der Waals surface area contributed by atoms with E-state index in [9.17, 15) is 4.79 Å². The van der Waals surface area contributed by atoms with Gasteiger partial charge in [-0.2, -0.15) is 0 Å². The van der Waals surface area contributed by atoms with Crippen molar-refractivity contribution in [2.45, 2.75) is 48.0 Å². The number of carboxylic acids is 1. The third kappa shape index (κ3) is 2.77. The zero-order valence-corrected chi connectivity index (χ0v) is 11.5. The second-order valence-electron chi connectivity index (χ2n) is 5.31.